The van der Waals surface area contributed by atoms with Crippen molar-refractivity contribution in [3.8, 4) is 0 Å². The zero-order valence-corrected chi connectivity index (χ0v) is 14.7. The van der Waals surface area contributed by atoms with E-state index in [0.717, 1.165) is 11.0 Å². The molecular weight excluding hydrogens is 342 g/mol. The summed E-state index contributed by atoms with van der Waals surface area (Å²) in [5.74, 6) is 0.333. The van der Waals surface area contributed by atoms with Gasteiger partial charge >= 0.3 is 0 Å². The Labute approximate surface area is 134 Å². The highest BCUT2D eigenvalue weighted by Crippen LogP contribution is 2.20. The minimum absolute atomic E-state index is 0.0700. The van der Waals surface area contributed by atoms with Gasteiger partial charge in [0.15, 0.2) is 0 Å². The number of carbonyl (C=O) groups is 1. The van der Waals surface area contributed by atoms with Gasteiger partial charge in [-0.15, -0.1) is 0 Å². The minimum Gasteiger partial charge on any atom is -0.337 e. The molecular formula is C14H21BrClN3O. The fourth-order valence-corrected chi connectivity index (χ4v) is 2.30. The van der Waals surface area contributed by atoms with E-state index in [1.54, 1.807) is 12.3 Å². The highest BCUT2D eigenvalue weighted by molar-refractivity contribution is 9.10. The van der Waals surface area contributed by atoms with E-state index in [1.165, 1.54) is 0 Å². The summed E-state index contributed by atoms with van der Waals surface area (Å²) < 4.78 is 0.752. The molecule has 0 atom stereocenters. The molecule has 1 amide bonds. The molecule has 1 aromatic rings. The van der Waals surface area contributed by atoms with Crippen LogP contribution < -0.4 is 0 Å². The lowest BCUT2D eigenvalue weighted by molar-refractivity contribution is 0.0724. The molecule has 1 rings (SSSR count). The second-order valence-electron chi connectivity index (χ2n) is 5.44. The van der Waals surface area contributed by atoms with Gasteiger partial charge in [0, 0.05) is 30.3 Å². The van der Waals surface area contributed by atoms with Crippen molar-refractivity contribution in [3.63, 3.8) is 0 Å². The van der Waals surface area contributed by atoms with Crippen molar-refractivity contribution in [1.29, 1.82) is 0 Å². The third-order valence-corrected chi connectivity index (χ3v) is 3.46. The number of amides is 1. The Hall–Kier alpha value is -0.650. The molecule has 0 aliphatic heterocycles. The molecule has 0 spiro atoms. The fourth-order valence-electron chi connectivity index (χ4n) is 1.78. The average Bonchev–Trinajstić information content (AvgIpc) is 2.36. The van der Waals surface area contributed by atoms with E-state index in [-0.39, 0.29) is 11.1 Å². The Bertz CT molecular complexity index is 466. The first kappa shape index (κ1) is 17.4. The van der Waals surface area contributed by atoms with E-state index < -0.39 is 0 Å². The van der Waals surface area contributed by atoms with E-state index in [1.807, 2.05) is 19.0 Å². The van der Waals surface area contributed by atoms with Crippen LogP contribution >= 0.6 is 27.5 Å². The normalized spacial score (nSPS) is 11.2. The van der Waals surface area contributed by atoms with Gasteiger partial charge in [0.05, 0.1) is 5.56 Å². The highest BCUT2D eigenvalue weighted by Gasteiger charge is 2.20. The molecule has 1 heterocycles. The van der Waals surface area contributed by atoms with Gasteiger partial charge in [-0.3, -0.25) is 4.79 Å². The molecule has 0 saturated carbocycles. The summed E-state index contributed by atoms with van der Waals surface area (Å²) in [4.78, 5) is 20.5. The van der Waals surface area contributed by atoms with Crippen LogP contribution in [0.25, 0.3) is 0 Å². The van der Waals surface area contributed by atoms with E-state index >= 15 is 0 Å². The van der Waals surface area contributed by atoms with Crippen LogP contribution in [0.3, 0.4) is 0 Å². The molecule has 0 saturated heterocycles. The van der Waals surface area contributed by atoms with Crippen molar-refractivity contribution in [2.75, 3.05) is 33.7 Å². The molecule has 6 heteroatoms. The van der Waals surface area contributed by atoms with Crippen molar-refractivity contribution in [3.05, 3.63) is 27.5 Å². The second-order valence-corrected chi connectivity index (χ2v) is 6.71. The van der Waals surface area contributed by atoms with Crippen LogP contribution in [0.5, 0.6) is 0 Å². The number of aromatic nitrogens is 1. The second kappa shape index (κ2) is 7.96. The first-order chi connectivity index (χ1) is 9.31. The Kier molecular flexibility index (Phi) is 6.92. The topological polar surface area (TPSA) is 36.4 Å². The molecule has 0 aliphatic rings. The van der Waals surface area contributed by atoms with Gasteiger partial charge in [-0.1, -0.05) is 25.4 Å². The van der Waals surface area contributed by atoms with Crippen LogP contribution in [0.2, 0.25) is 5.15 Å². The SMILES string of the molecule is CC(C)CN(CCN(C)C)C(=O)c1cc(Br)cnc1Cl. The molecule has 0 aromatic carbocycles. The first-order valence-electron chi connectivity index (χ1n) is 6.56. The van der Waals surface area contributed by atoms with Gasteiger partial charge in [-0.05, 0) is 42.0 Å². The standard InChI is InChI=1S/C14H21BrClN3O/c1-10(2)9-19(6-5-18(3)4)14(20)12-7-11(15)8-17-13(12)16/h7-8,10H,5-6,9H2,1-4H3. The van der Waals surface area contributed by atoms with Crippen LogP contribution in [-0.2, 0) is 0 Å². The maximum absolute atomic E-state index is 12.6. The predicted octanol–water partition coefficient (Wildman–Crippen LogP) is 3.16. The fraction of sp³-hybridized carbons (Fsp3) is 0.571. The predicted molar refractivity (Wildman–Crippen MR) is 86.2 cm³/mol. The zero-order chi connectivity index (χ0) is 15.3. The van der Waals surface area contributed by atoms with Gasteiger partial charge in [0.25, 0.3) is 5.91 Å². The third-order valence-electron chi connectivity index (χ3n) is 2.73. The molecule has 4 nitrogen and oxygen atoms in total. The molecule has 0 fully saturated rings. The number of likely N-dealkylation sites (N-methyl/N-ethyl adjacent to an activating group) is 1. The molecule has 112 valence electrons. The van der Waals surface area contributed by atoms with Crippen LogP contribution in [0.1, 0.15) is 24.2 Å². The molecule has 0 N–H and O–H groups in total. The van der Waals surface area contributed by atoms with Crippen molar-refractivity contribution in [1.82, 2.24) is 14.8 Å². The number of nitrogens with zero attached hydrogens (tertiary/aromatic N) is 3. The van der Waals surface area contributed by atoms with Crippen LogP contribution in [0.15, 0.2) is 16.7 Å². The van der Waals surface area contributed by atoms with E-state index in [0.29, 0.717) is 24.6 Å². The van der Waals surface area contributed by atoms with Gasteiger partial charge < -0.3 is 9.80 Å². The van der Waals surface area contributed by atoms with Gasteiger partial charge in [-0.25, -0.2) is 4.98 Å². The summed E-state index contributed by atoms with van der Waals surface area (Å²) in [6, 6.07) is 1.72. The lowest BCUT2D eigenvalue weighted by Crippen LogP contribution is -2.39. The smallest absolute Gasteiger partial charge is 0.257 e. The summed E-state index contributed by atoms with van der Waals surface area (Å²) in [6.45, 7) is 6.38. The van der Waals surface area contributed by atoms with E-state index in [2.05, 4.69) is 39.7 Å². The Morgan fingerprint density at radius 3 is 2.60 bits per heavy atom. The number of pyridine rings is 1. The van der Waals surface area contributed by atoms with Crippen LogP contribution in [-0.4, -0.2) is 54.4 Å². The number of hydrogen-bond donors (Lipinski definition) is 0. The van der Waals surface area contributed by atoms with Crippen molar-refractivity contribution < 1.29 is 4.79 Å². The summed E-state index contributed by atoms with van der Waals surface area (Å²) in [7, 11) is 3.98. The lowest BCUT2D eigenvalue weighted by atomic mass is 10.1. The Morgan fingerprint density at radius 1 is 1.40 bits per heavy atom. The number of halogens is 2. The van der Waals surface area contributed by atoms with Crippen LogP contribution in [0, 0.1) is 5.92 Å². The number of rotatable bonds is 6. The maximum atomic E-state index is 12.6. The molecule has 0 unspecified atom stereocenters. The number of carbonyl (C=O) groups excluding carboxylic acids is 1. The molecule has 20 heavy (non-hydrogen) atoms. The molecule has 0 radical (unpaired) electrons. The quantitative estimate of drug-likeness (QED) is 0.729. The maximum Gasteiger partial charge on any atom is 0.257 e. The summed E-state index contributed by atoms with van der Waals surface area (Å²) in [6.07, 6.45) is 1.59. The minimum atomic E-state index is -0.0700. The summed E-state index contributed by atoms with van der Waals surface area (Å²) >= 11 is 9.37. The molecule has 0 bridgehead atoms. The average molecular weight is 363 g/mol. The zero-order valence-electron chi connectivity index (χ0n) is 12.4. The highest BCUT2D eigenvalue weighted by atomic mass is 79.9. The van der Waals surface area contributed by atoms with Crippen molar-refractivity contribution in [2.24, 2.45) is 5.92 Å². The van der Waals surface area contributed by atoms with Crippen molar-refractivity contribution in [2.45, 2.75) is 13.8 Å². The van der Waals surface area contributed by atoms with Gasteiger partial charge in [-0.2, -0.15) is 0 Å². The van der Waals surface area contributed by atoms with Gasteiger partial charge in [0.1, 0.15) is 5.15 Å². The van der Waals surface area contributed by atoms with E-state index in [4.69, 9.17) is 11.6 Å². The van der Waals surface area contributed by atoms with E-state index in [9.17, 15) is 4.79 Å². The monoisotopic (exact) mass is 361 g/mol. The molecule has 1 aromatic heterocycles. The summed E-state index contributed by atoms with van der Waals surface area (Å²) in [5.41, 5.74) is 0.445. The Morgan fingerprint density at radius 2 is 2.05 bits per heavy atom. The summed E-state index contributed by atoms with van der Waals surface area (Å²) in [5, 5.41) is 0.247. The third kappa shape index (κ3) is 5.38. The largest absolute Gasteiger partial charge is 0.337 e. The molecule has 0 aliphatic carbocycles. The van der Waals surface area contributed by atoms with Gasteiger partial charge in [0.2, 0.25) is 0 Å². The van der Waals surface area contributed by atoms with Crippen LogP contribution in [0.4, 0.5) is 0 Å². The lowest BCUT2D eigenvalue weighted by Gasteiger charge is -2.26. The van der Waals surface area contributed by atoms with Crippen molar-refractivity contribution >= 4 is 33.4 Å². The Balaban J connectivity index is 2.93. The number of hydrogen-bond acceptors (Lipinski definition) is 3. The first-order valence-corrected chi connectivity index (χ1v) is 7.73.